The van der Waals surface area contributed by atoms with Crippen molar-refractivity contribution in [3.8, 4) is 0 Å². The Morgan fingerprint density at radius 3 is 2.76 bits per heavy atom. The van der Waals surface area contributed by atoms with E-state index < -0.39 is 11.6 Å². The van der Waals surface area contributed by atoms with Crippen molar-refractivity contribution >= 4 is 29.2 Å². The van der Waals surface area contributed by atoms with E-state index in [0.29, 0.717) is 6.42 Å². The third-order valence-corrected chi connectivity index (χ3v) is 6.88. The highest BCUT2D eigenvalue weighted by Gasteiger charge is 2.54. The summed E-state index contributed by atoms with van der Waals surface area (Å²) in [6, 6.07) is 9.29. The van der Waals surface area contributed by atoms with Gasteiger partial charge in [0.2, 0.25) is 5.91 Å². The molecule has 2 aromatic rings. The topological polar surface area (TPSA) is 78.5 Å². The molecule has 29 heavy (non-hydrogen) atoms. The van der Waals surface area contributed by atoms with Crippen LogP contribution in [0.25, 0.3) is 0 Å². The third-order valence-electron chi connectivity index (χ3n) is 5.90. The molecule has 1 aliphatic heterocycles. The van der Waals surface area contributed by atoms with Gasteiger partial charge in [0, 0.05) is 10.4 Å². The van der Waals surface area contributed by atoms with Gasteiger partial charge in [-0.3, -0.25) is 14.5 Å². The average molecular weight is 412 g/mol. The Labute approximate surface area is 174 Å². The number of hydrogen-bond acceptors (Lipinski definition) is 4. The first-order valence-electron chi connectivity index (χ1n) is 10.0. The van der Waals surface area contributed by atoms with Crippen molar-refractivity contribution in [1.82, 2.24) is 15.5 Å². The normalized spacial score (nSPS) is 21.8. The van der Waals surface area contributed by atoms with Crippen LogP contribution in [0, 0.1) is 0 Å². The number of nitrogens with one attached hydrogen (secondary N) is 2. The molecule has 1 saturated heterocycles. The van der Waals surface area contributed by atoms with Gasteiger partial charge in [-0.05, 0) is 55.2 Å². The van der Waals surface area contributed by atoms with E-state index in [1.54, 1.807) is 11.3 Å². The molecule has 7 heteroatoms. The number of thiophene rings is 1. The van der Waals surface area contributed by atoms with E-state index in [1.807, 2.05) is 42.6 Å². The van der Waals surface area contributed by atoms with Gasteiger partial charge in [0.05, 0.1) is 6.04 Å². The molecule has 2 heterocycles. The lowest BCUT2D eigenvalue weighted by Gasteiger charge is -2.31. The number of aryl methyl sites for hydroxylation is 2. The van der Waals surface area contributed by atoms with Crippen LogP contribution in [0.5, 0.6) is 0 Å². The van der Waals surface area contributed by atoms with Crippen LogP contribution < -0.4 is 10.6 Å². The highest BCUT2D eigenvalue weighted by molar-refractivity contribution is 7.10. The van der Waals surface area contributed by atoms with Crippen LogP contribution in [0.2, 0.25) is 0 Å². The molecule has 1 fully saturated rings. The Morgan fingerprint density at radius 2 is 2.03 bits per heavy atom. The number of carbonyl (C=O) groups is 3. The van der Waals surface area contributed by atoms with Crippen molar-refractivity contribution in [2.45, 2.75) is 51.1 Å². The van der Waals surface area contributed by atoms with Gasteiger partial charge in [-0.15, -0.1) is 11.3 Å². The number of imide groups is 1. The first-order chi connectivity index (χ1) is 13.9. The summed E-state index contributed by atoms with van der Waals surface area (Å²) in [5, 5.41) is 7.73. The predicted octanol–water partition coefficient (Wildman–Crippen LogP) is 3.27. The van der Waals surface area contributed by atoms with Crippen LogP contribution >= 0.6 is 11.3 Å². The molecule has 2 N–H and O–H groups in total. The number of urea groups is 1. The lowest BCUT2D eigenvalue weighted by molar-refractivity contribution is -0.135. The zero-order valence-corrected chi connectivity index (χ0v) is 17.5. The lowest BCUT2D eigenvalue weighted by atomic mass is 9.80. The summed E-state index contributed by atoms with van der Waals surface area (Å²) < 4.78 is 0. The summed E-state index contributed by atoms with van der Waals surface area (Å²) >= 11 is 1.61. The van der Waals surface area contributed by atoms with Gasteiger partial charge in [-0.1, -0.05) is 31.2 Å². The fourth-order valence-electron chi connectivity index (χ4n) is 4.24. The number of nitrogens with zero attached hydrogens (tertiary/aromatic N) is 1. The quantitative estimate of drug-likeness (QED) is 0.741. The molecule has 0 saturated carbocycles. The molecule has 152 valence electrons. The second-order valence-corrected chi connectivity index (χ2v) is 8.72. The van der Waals surface area contributed by atoms with Crippen LogP contribution in [-0.2, 0) is 28.0 Å². The molecule has 6 nitrogen and oxygen atoms in total. The maximum Gasteiger partial charge on any atom is 0.325 e. The summed E-state index contributed by atoms with van der Waals surface area (Å²) in [7, 11) is 0. The second-order valence-electron chi connectivity index (χ2n) is 7.72. The fourth-order valence-corrected chi connectivity index (χ4v) is 5.24. The Balaban J connectivity index is 1.45. The van der Waals surface area contributed by atoms with Crippen LogP contribution in [0.4, 0.5) is 4.79 Å². The zero-order valence-electron chi connectivity index (χ0n) is 16.7. The fraction of sp³-hybridized carbons (Fsp3) is 0.409. The molecule has 1 aromatic carbocycles. The Bertz CT molecular complexity index is 952. The van der Waals surface area contributed by atoms with Crippen LogP contribution in [-0.4, -0.2) is 29.3 Å². The maximum absolute atomic E-state index is 13.2. The molecule has 1 aromatic heterocycles. The van der Waals surface area contributed by atoms with Crippen molar-refractivity contribution in [3.63, 3.8) is 0 Å². The monoisotopic (exact) mass is 411 g/mol. The standard InChI is InChI=1S/C22H25N3O3S/c1-3-15-6-8-16(9-7-15)14(2)23-19(26)13-25-20(27)22(24-21(25)28)11-4-5-18-17(22)10-12-29-18/h6-10,12,14H,3-5,11,13H2,1-2H3,(H,23,26)(H,24,28)/t14-,22+/m0/s1. The molecule has 1 aliphatic carbocycles. The smallest absolute Gasteiger partial charge is 0.325 e. The minimum atomic E-state index is -1.01. The number of carbonyl (C=O) groups excluding carboxylic acids is 3. The molecule has 1 spiro atoms. The summed E-state index contributed by atoms with van der Waals surface area (Å²) in [6.45, 7) is 3.71. The SMILES string of the molecule is CCc1ccc([C@H](C)NC(=O)CN2C(=O)N[C@@]3(CCCc4sccc43)C2=O)cc1. The minimum Gasteiger partial charge on any atom is -0.348 e. The summed E-state index contributed by atoms with van der Waals surface area (Å²) in [5.74, 6) is -0.670. The van der Waals surface area contributed by atoms with E-state index in [9.17, 15) is 14.4 Å². The molecular formula is C22H25N3O3S. The van der Waals surface area contributed by atoms with Crippen molar-refractivity contribution in [2.24, 2.45) is 0 Å². The molecule has 4 rings (SSSR count). The van der Waals surface area contributed by atoms with Crippen molar-refractivity contribution in [2.75, 3.05) is 6.54 Å². The average Bonchev–Trinajstić information content (AvgIpc) is 3.29. The summed E-state index contributed by atoms with van der Waals surface area (Å²) in [5.41, 5.74) is 2.10. The highest BCUT2D eigenvalue weighted by Crippen LogP contribution is 2.42. The van der Waals surface area contributed by atoms with E-state index in [0.717, 1.165) is 40.2 Å². The lowest BCUT2D eigenvalue weighted by Crippen LogP contribution is -2.47. The first kappa shape index (κ1) is 19.6. The largest absolute Gasteiger partial charge is 0.348 e. The molecule has 0 radical (unpaired) electrons. The molecule has 0 bridgehead atoms. The van der Waals surface area contributed by atoms with Crippen molar-refractivity contribution in [3.05, 3.63) is 57.3 Å². The second kappa shape index (κ2) is 7.63. The van der Waals surface area contributed by atoms with Crippen LogP contribution in [0.3, 0.4) is 0 Å². The van der Waals surface area contributed by atoms with Gasteiger partial charge < -0.3 is 10.6 Å². The van der Waals surface area contributed by atoms with Gasteiger partial charge in [0.1, 0.15) is 12.1 Å². The summed E-state index contributed by atoms with van der Waals surface area (Å²) in [6.07, 6.45) is 3.29. The van der Waals surface area contributed by atoms with Crippen LogP contribution in [0.1, 0.15) is 54.3 Å². The number of hydrogen-bond donors (Lipinski definition) is 2. The maximum atomic E-state index is 13.2. The predicted molar refractivity (Wildman–Crippen MR) is 112 cm³/mol. The molecule has 2 aliphatic rings. The van der Waals surface area contributed by atoms with Gasteiger partial charge in [-0.2, -0.15) is 0 Å². The van der Waals surface area contributed by atoms with E-state index in [1.165, 1.54) is 5.56 Å². The van der Waals surface area contributed by atoms with E-state index in [2.05, 4.69) is 17.6 Å². The van der Waals surface area contributed by atoms with Crippen molar-refractivity contribution < 1.29 is 14.4 Å². The molecule has 0 unspecified atom stereocenters. The number of fused-ring (bicyclic) bond motifs is 2. The Kier molecular flexibility index (Phi) is 5.17. The van der Waals surface area contributed by atoms with Gasteiger partial charge >= 0.3 is 6.03 Å². The number of benzene rings is 1. The number of amides is 4. The zero-order chi connectivity index (χ0) is 20.6. The van der Waals surface area contributed by atoms with Gasteiger partial charge in [0.15, 0.2) is 0 Å². The first-order valence-corrected chi connectivity index (χ1v) is 10.9. The number of rotatable bonds is 5. The van der Waals surface area contributed by atoms with Gasteiger partial charge in [0.25, 0.3) is 5.91 Å². The minimum absolute atomic E-state index is 0.207. The summed E-state index contributed by atoms with van der Waals surface area (Å²) in [4.78, 5) is 40.5. The Morgan fingerprint density at radius 1 is 1.28 bits per heavy atom. The van der Waals surface area contributed by atoms with E-state index in [4.69, 9.17) is 0 Å². The molecule has 4 amide bonds. The molecular weight excluding hydrogens is 386 g/mol. The van der Waals surface area contributed by atoms with E-state index in [-0.39, 0.29) is 24.4 Å². The third kappa shape index (κ3) is 3.44. The molecule has 2 atom stereocenters. The highest BCUT2D eigenvalue weighted by atomic mass is 32.1. The van der Waals surface area contributed by atoms with E-state index >= 15 is 0 Å². The Hall–Kier alpha value is -2.67. The van der Waals surface area contributed by atoms with Crippen LogP contribution in [0.15, 0.2) is 35.7 Å². The van der Waals surface area contributed by atoms with Gasteiger partial charge in [-0.25, -0.2) is 4.79 Å². The van der Waals surface area contributed by atoms with Crippen molar-refractivity contribution in [1.29, 1.82) is 0 Å².